The third-order valence-electron chi connectivity index (χ3n) is 5.26. The molecule has 0 spiro atoms. The van der Waals surface area contributed by atoms with Gasteiger partial charge >= 0.3 is 5.97 Å². The normalized spacial score (nSPS) is 11.2. The number of esters is 1. The number of rotatable bonds is 4. The Kier molecular flexibility index (Phi) is 5.07. The first-order chi connectivity index (χ1) is 14.3. The Morgan fingerprint density at radius 3 is 2.47 bits per heavy atom. The molecule has 0 aliphatic rings. The Balaban J connectivity index is 1.65. The van der Waals surface area contributed by atoms with E-state index in [9.17, 15) is 9.59 Å². The van der Waals surface area contributed by atoms with Crippen molar-refractivity contribution in [1.82, 2.24) is 14.0 Å². The summed E-state index contributed by atoms with van der Waals surface area (Å²) in [7, 11) is 0. The molecule has 6 nitrogen and oxygen atoms in total. The Labute approximate surface area is 178 Å². The molecule has 0 saturated heterocycles. The van der Waals surface area contributed by atoms with Gasteiger partial charge in [-0.1, -0.05) is 6.07 Å². The summed E-state index contributed by atoms with van der Waals surface area (Å²) in [5, 5.41) is 0.858. The highest BCUT2D eigenvalue weighted by Gasteiger charge is 2.23. The van der Waals surface area contributed by atoms with E-state index in [1.807, 2.05) is 52.8 Å². The van der Waals surface area contributed by atoms with E-state index in [-0.39, 0.29) is 12.2 Å². The molecular formula is C23H23N3O3S. The number of fused-ring (bicyclic) bond motifs is 1. The maximum atomic E-state index is 13.0. The van der Waals surface area contributed by atoms with Gasteiger partial charge in [-0.3, -0.25) is 9.20 Å². The average molecular weight is 422 g/mol. The fourth-order valence-electron chi connectivity index (χ4n) is 3.54. The maximum Gasteiger partial charge on any atom is 0.341 e. The van der Waals surface area contributed by atoms with Gasteiger partial charge in [-0.15, -0.1) is 11.3 Å². The number of hydrogen-bond donors (Lipinski definition) is 0. The van der Waals surface area contributed by atoms with Gasteiger partial charge in [0.15, 0.2) is 0 Å². The van der Waals surface area contributed by atoms with Crippen molar-refractivity contribution in [3.8, 4) is 5.00 Å². The molecule has 0 unspecified atom stereocenters. The van der Waals surface area contributed by atoms with Gasteiger partial charge in [0.25, 0.3) is 5.56 Å². The van der Waals surface area contributed by atoms with Crippen LogP contribution in [0.2, 0.25) is 0 Å². The monoisotopic (exact) mass is 421 g/mol. The molecular weight excluding hydrogens is 398 g/mol. The minimum absolute atomic E-state index is 0.0597. The summed E-state index contributed by atoms with van der Waals surface area (Å²) >= 11 is 1.58. The number of carbonyl (C=O) groups excluding carboxylic acids is 1. The smallest absolute Gasteiger partial charge is 0.341 e. The van der Waals surface area contributed by atoms with Gasteiger partial charge in [-0.25, -0.2) is 9.78 Å². The summed E-state index contributed by atoms with van der Waals surface area (Å²) in [6.45, 7) is 9.82. The standard InChI is InChI=1S/C23H23N3O3S/c1-13-6-9-19-24-18(10-20(27)25(19)11-13)12-29-23(28)21-16(4)17(5)30-22(21)26-14(2)7-8-15(26)3/h6-11H,12H2,1-5H3. The van der Waals surface area contributed by atoms with Crippen molar-refractivity contribution in [3.05, 3.63) is 85.5 Å². The summed E-state index contributed by atoms with van der Waals surface area (Å²) in [5.41, 5.74) is 5.32. The second-order valence-corrected chi connectivity index (χ2v) is 8.71. The number of carbonyl (C=O) groups is 1. The molecule has 0 radical (unpaired) electrons. The van der Waals surface area contributed by atoms with E-state index >= 15 is 0 Å². The van der Waals surface area contributed by atoms with E-state index in [2.05, 4.69) is 9.55 Å². The van der Waals surface area contributed by atoms with Crippen LogP contribution in [0.3, 0.4) is 0 Å². The molecule has 0 atom stereocenters. The average Bonchev–Trinajstić information content (AvgIpc) is 3.18. The van der Waals surface area contributed by atoms with E-state index in [0.29, 0.717) is 16.9 Å². The highest BCUT2D eigenvalue weighted by molar-refractivity contribution is 7.15. The number of thiophene rings is 1. The second-order valence-electron chi connectivity index (χ2n) is 7.51. The zero-order chi connectivity index (χ0) is 21.6. The molecule has 154 valence electrons. The lowest BCUT2D eigenvalue weighted by atomic mass is 10.1. The van der Waals surface area contributed by atoms with Crippen LogP contribution in [0.5, 0.6) is 0 Å². The maximum absolute atomic E-state index is 13.0. The van der Waals surface area contributed by atoms with Crippen molar-refractivity contribution in [3.63, 3.8) is 0 Å². The van der Waals surface area contributed by atoms with Gasteiger partial charge in [0, 0.05) is 28.5 Å². The van der Waals surface area contributed by atoms with Gasteiger partial charge in [-0.2, -0.15) is 0 Å². The van der Waals surface area contributed by atoms with Crippen LogP contribution in [-0.2, 0) is 11.3 Å². The van der Waals surface area contributed by atoms with Crippen LogP contribution in [-0.4, -0.2) is 19.9 Å². The lowest BCUT2D eigenvalue weighted by Gasteiger charge is -2.11. The molecule has 0 saturated carbocycles. The quantitative estimate of drug-likeness (QED) is 0.457. The topological polar surface area (TPSA) is 65.6 Å². The lowest BCUT2D eigenvalue weighted by molar-refractivity contribution is 0.0467. The van der Waals surface area contributed by atoms with E-state index in [1.165, 1.54) is 10.5 Å². The minimum Gasteiger partial charge on any atom is -0.455 e. The van der Waals surface area contributed by atoms with Crippen molar-refractivity contribution in [2.24, 2.45) is 0 Å². The molecule has 4 aromatic rings. The van der Waals surface area contributed by atoms with E-state index in [1.54, 1.807) is 23.6 Å². The van der Waals surface area contributed by atoms with Crippen LogP contribution in [0, 0.1) is 34.6 Å². The predicted octanol–water partition coefficient (Wildman–Crippen LogP) is 4.45. The van der Waals surface area contributed by atoms with Gasteiger partial charge in [0.2, 0.25) is 0 Å². The van der Waals surface area contributed by atoms with Crippen molar-refractivity contribution >= 4 is 23.0 Å². The molecule has 30 heavy (non-hydrogen) atoms. The van der Waals surface area contributed by atoms with Gasteiger partial charge in [0.05, 0.1) is 11.3 Å². The Morgan fingerprint density at radius 2 is 1.77 bits per heavy atom. The summed E-state index contributed by atoms with van der Waals surface area (Å²) in [4.78, 5) is 31.0. The summed E-state index contributed by atoms with van der Waals surface area (Å²) in [5.74, 6) is -0.412. The third-order valence-corrected chi connectivity index (χ3v) is 6.45. The lowest BCUT2D eigenvalue weighted by Crippen LogP contribution is -2.17. The van der Waals surface area contributed by atoms with Crippen LogP contribution in [0.15, 0.2) is 41.3 Å². The molecule has 0 fully saturated rings. The Morgan fingerprint density at radius 1 is 1.07 bits per heavy atom. The third kappa shape index (κ3) is 3.45. The van der Waals surface area contributed by atoms with E-state index < -0.39 is 5.97 Å². The van der Waals surface area contributed by atoms with Gasteiger partial charge in [-0.05, 0) is 63.9 Å². The van der Waals surface area contributed by atoms with Crippen LogP contribution in [0.4, 0.5) is 0 Å². The zero-order valence-corrected chi connectivity index (χ0v) is 18.5. The van der Waals surface area contributed by atoms with Crippen LogP contribution in [0.1, 0.15) is 43.4 Å². The molecule has 0 N–H and O–H groups in total. The highest BCUT2D eigenvalue weighted by atomic mass is 32.1. The summed E-state index contributed by atoms with van der Waals surface area (Å²) in [6, 6.07) is 9.14. The Hall–Kier alpha value is -3.19. The zero-order valence-electron chi connectivity index (χ0n) is 17.6. The number of nitrogens with zero attached hydrogens (tertiary/aromatic N) is 3. The van der Waals surface area contributed by atoms with Crippen LogP contribution >= 0.6 is 11.3 Å². The number of ether oxygens (including phenoxy) is 1. The van der Waals surface area contributed by atoms with Crippen molar-refractivity contribution in [2.75, 3.05) is 0 Å². The number of hydrogen-bond acceptors (Lipinski definition) is 5. The molecule has 4 aromatic heterocycles. The van der Waals surface area contributed by atoms with Crippen molar-refractivity contribution < 1.29 is 9.53 Å². The number of pyridine rings is 1. The molecule has 4 heterocycles. The minimum atomic E-state index is -0.412. The van der Waals surface area contributed by atoms with Gasteiger partial charge < -0.3 is 9.30 Å². The van der Waals surface area contributed by atoms with Crippen molar-refractivity contribution in [2.45, 2.75) is 41.2 Å². The SMILES string of the molecule is Cc1ccc2nc(COC(=O)c3c(-n4c(C)ccc4C)sc(C)c3C)cc(=O)n2c1. The fourth-order valence-corrected chi connectivity index (χ4v) is 4.80. The first kappa shape index (κ1) is 20.1. The molecule has 4 rings (SSSR count). The van der Waals surface area contributed by atoms with Gasteiger partial charge in [0.1, 0.15) is 17.3 Å². The first-order valence-electron chi connectivity index (χ1n) is 9.67. The number of aryl methyl sites for hydroxylation is 4. The van der Waals surface area contributed by atoms with E-state index in [0.717, 1.165) is 32.4 Å². The second kappa shape index (κ2) is 7.57. The molecule has 0 aliphatic heterocycles. The molecule has 0 bridgehead atoms. The molecule has 0 aromatic carbocycles. The largest absolute Gasteiger partial charge is 0.455 e. The molecule has 0 amide bonds. The van der Waals surface area contributed by atoms with E-state index in [4.69, 9.17) is 4.74 Å². The molecule has 0 aliphatic carbocycles. The highest BCUT2D eigenvalue weighted by Crippen LogP contribution is 2.33. The summed E-state index contributed by atoms with van der Waals surface area (Å²) < 4.78 is 9.16. The molecule has 7 heteroatoms. The van der Waals surface area contributed by atoms with Crippen LogP contribution in [0.25, 0.3) is 10.6 Å². The first-order valence-corrected chi connectivity index (χ1v) is 10.5. The fraction of sp³-hybridized carbons (Fsp3) is 0.261. The number of aromatic nitrogens is 3. The summed E-state index contributed by atoms with van der Waals surface area (Å²) in [6.07, 6.45) is 1.74. The Bertz CT molecular complexity index is 1320. The van der Waals surface area contributed by atoms with Crippen molar-refractivity contribution in [1.29, 1.82) is 0 Å². The predicted molar refractivity (Wildman–Crippen MR) is 118 cm³/mol. The van der Waals surface area contributed by atoms with Crippen LogP contribution < -0.4 is 5.56 Å².